The molecule has 11 heteroatoms. The van der Waals surface area contributed by atoms with Crippen molar-refractivity contribution in [3.63, 3.8) is 0 Å². The Kier molecular flexibility index (Phi) is 6.46. The molecule has 0 saturated carbocycles. The second-order valence-corrected chi connectivity index (χ2v) is 8.06. The van der Waals surface area contributed by atoms with Crippen LogP contribution in [0.4, 0.5) is 5.82 Å². The molecule has 1 aromatic carbocycles. The first-order chi connectivity index (χ1) is 16.0. The predicted octanol–water partition coefficient (Wildman–Crippen LogP) is 3.33. The van der Waals surface area contributed by atoms with Gasteiger partial charge in [0.2, 0.25) is 11.1 Å². The van der Waals surface area contributed by atoms with E-state index in [0.717, 1.165) is 22.7 Å². The molecule has 33 heavy (non-hydrogen) atoms. The SMILES string of the molecule is COc1ccc(-n2c(C)c(C)c(C#N)c2NC(=O)CSc2nnnn2Cc2ccco2)cc1. The molecule has 1 N–H and O–H groups in total. The molecular formula is C22H21N7O3S. The number of carbonyl (C=O) groups is 1. The Balaban J connectivity index is 1.53. The lowest BCUT2D eigenvalue weighted by Crippen LogP contribution is -2.18. The third kappa shape index (κ3) is 4.61. The van der Waals surface area contributed by atoms with E-state index in [2.05, 4.69) is 26.9 Å². The monoisotopic (exact) mass is 463 g/mol. The van der Waals surface area contributed by atoms with Crippen molar-refractivity contribution >= 4 is 23.5 Å². The zero-order valence-electron chi connectivity index (χ0n) is 18.3. The summed E-state index contributed by atoms with van der Waals surface area (Å²) < 4.78 is 14.0. The number of ether oxygens (including phenoxy) is 1. The van der Waals surface area contributed by atoms with Gasteiger partial charge in [0.15, 0.2) is 0 Å². The summed E-state index contributed by atoms with van der Waals surface area (Å²) in [6, 6.07) is 13.2. The Hall–Kier alpha value is -4.04. The number of rotatable bonds is 8. The first kappa shape index (κ1) is 22.2. The Morgan fingerprint density at radius 1 is 1.27 bits per heavy atom. The molecule has 0 bridgehead atoms. The average molecular weight is 464 g/mol. The minimum absolute atomic E-state index is 0.0648. The lowest BCUT2D eigenvalue weighted by Gasteiger charge is -2.13. The summed E-state index contributed by atoms with van der Waals surface area (Å²) in [5.41, 5.74) is 2.90. The summed E-state index contributed by atoms with van der Waals surface area (Å²) in [4.78, 5) is 12.8. The van der Waals surface area contributed by atoms with Gasteiger partial charge in [0.05, 0.1) is 24.7 Å². The van der Waals surface area contributed by atoms with Gasteiger partial charge in [0.25, 0.3) is 0 Å². The van der Waals surface area contributed by atoms with Crippen molar-refractivity contribution in [2.24, 2.45) is 0 Å². The average Bonchev–Trinajstić information content (AvgIpc) is 3.55. The number of nitriles is 1. The first-order valence-electron chi connectivity index (χ1n) is 9.99. The highest BCUT2D eigenvalue weighted by Crippen LogP contribution is 2.31. The van der Waals surface area contributed by atoms with Crippen molar-refractivity contribution in [3.05, 3.63) is 65.2 Å². The van der Waals surface area contributed by atoms with E-state index in [-0.39, 0.29) is 11.7 Å². The van der Waals surface area contributed by atoms with Crippen LogP contribution in [0.25, 0.3) is 5.69 Å². The number of tetrazole rings is 1. The Bertz CT molecular complexity index is 1300. The normalized spacial score (nSPS) is 10.7. The molecule has 0 aliphatic heterocycles. The van der Waals surface area contributed by atoms with Gasteiger partial charge in [-0.15, -0.1) is 5.10 Å². The second-order valence-electron chi connectivity index (χ2n) is 7.11. The molecule has 0 unspecified atom stereocenters. The predicted molar refractivity (Wildman–Crippen MR) is 121 cm³/mol. The Morgan fingerprint density at radius 3 is 2.73 bits per heavy atom. The highest BCUT2D eigenvalue weighted by Gasteiger charge is 2.21. The van der Waals surface area contributed by atoms with Crippen molar-refractivity contribution in [1.29, 1.82) is 5.26 Å². The molecule has 0 saturated heterocycles. The van der Waals surface area contributed by atoms with Crippen LogP contribution in [-0.4, -0.2) is 43.5 Å². The van der Waals surface area contributed by atoms with Gasteiger partial charge in [0, 0.05) is 11.4 Å². The lowest BCUT2D eigenvalue weighted by molar-refractivity contribution is -0.113. The maximum atomic E-state index is 12.8. The minimum atomic E-state index is -0.281. The zero-order valence-corrected chi connectivity index (χ0v) is 19.1. The minimum Gasteiger partial charge on any atom is -0.497 e. The molecule has 0 aliphatic carbocycles. The van der Waals surface area contributed by atoms with Gasteiger partial charge in [-0.05, 0) is 66.2 Å². The third-order valence-electron chi connectivity index (χ3n) is 5.13. The van der Waals surface area contributed by atoms with Gasteiger partial charge in [-0.3, -0.25) is 9.36 Å². The van der Waals surface area contributed by atoms with Crippen LogP contribution in [-0.2, 0) is 11.3 Å². The van der Waals surface area contributed by atoms with E-state index < -0.39 is 0 Å². The molecule has 0 radical (unpaired) electrons. The topological polar surface area (TPSA) is 124 Å². The second kappa shape index (κ2) is 9.62. The van der Waals surface area contributed by atoms with Crippen LogP contribution in [0.3, 0.4) is 0 Å². The number of nitrogens with zero attached hydrogens (tertiary/aromatic N) is 6. The highest BCUT2D eigenvalue weighted by molar-refractivity contribution is 7.99. The number of anilines is 1. The van der Waals surface area contributed by atoms with Gasteiger partial charge < -0.3 is 14.5 Å². The molecule has 0 aliphatic rings. The van der Waals surface area contributed by atoms with Crippen LogP contribution >= 0.6 is 11.8 Å². The van der Waals surface area contributed by atoms with Crippen LogP contribution in [0.2, 0.25) is 0 Å². The number of furan rings is 1. The summed E-state index contributed by atoms with van der Waals surface area (Å²) in [5, 5.41) is 24.7. The van der Waals surface area contributed by atoms with E-state index in [1.54, 1.807) is 24.1 Å². The van der Waals surface area contributed by atoms with E-state index >= 15 is 0 Å². The van der Waals surface area contributed by atoms with Crippen LogP contribution in [0.15, 0.2) is 52.2 Å². The Labute approximate surface area is 194 Å². The smallest absolute Gasteiger partial charge is 0.236 e. The summed E-state index contributed by atoms with van der Waals surface area (Å²) in [6.45, 7) is 4.13. The number of hydrogen-bond donors (Lipinski definition) is 1. The molecule has 0 atom stereocenters. The van der Waals surface area contributed by atoms with E-state index in [9.17, 15) is 10.1 Å². The fourth-order valence-corrected chi connectivity index (χ4v) is 4.04. The quantitative estimate of drug-likeness (QED) is 0.395. The molecule has 3 aromatic heterocycles. The summed E-state index contributed by atoms with van der Waals surface area (Å²) in [6.07, 6.45) is 1.58. The number of thioether (sulfide) groups is 1. The van der Waals surface area contributed by atoms with Crippen LogP contribution in [0.5, 0.6) is 5.75 Å². The molecule has 4 aromatic rings. The van der Waals surface area contributed by atoms with Gasteiger partial charge in [-0.25, -0.2) is 4.68 Å². The fraction of sp³-hybridized carbons (Fsp3) is 0.227. The maximum absolute atomic E-state index is 12.8. The van der Waals surface area contributed by atoms with Crippen molar-refractivity contribution in [2.75, 3.05) is 18.2 Å². The number of nitrogens with one attached hydrogen (secondary N) is 1. The molecule has 10 nitrogen and oxygen atoms in total. The van der Waals surface area contributed by atoms with Gasteiger partial charge >= 0.3 is 0 Å². The van der Waals surface area contributed by atoms with Crippen molar-refractivity contribution < 1.29 is 13.9 Å². The number of hydrogen-bond acceptors (Lipinski definition) is 8. The van der Waals surface area contributed by atoms with Crippen LogP contribution in [0.1, 0.15) is 22.6 Å². The van der Waals surface area contributed by atoms with Crippen LogP contribution in [0, 0.1) is 25.2 Å². The van der Waals surface area contributed by atoms with E-state index in [1.165, 1.54) is 11.8 Å². The third-order valence-corrected chi connectivity index (χ3v) is 6.09. The number of aromatic nitrogens is 5. The summed E-state index contributed by atoms with van der Waals surface area (Å²) in [7, 11) is 1.60. The number of carbonyl (C=O) groups excluding carboxylic acids is 1. The number of amides is 1. The molecule has 168 valence electrons. The maximum Gasteiger partial charge on any atom is 0.236 e. The van der Waals surface area contributed by atoms with Crippen molar-refractivity contribution in [1.82, 2.24) is 24.8 Å². The highest BCUT2D eigenvalue weighted by atomic mass is 32.2. The van der Waals surface area contributed by atoms with E-state index in [4.69, 9.17) is 9.15 Å². The molecule has 4 rings (SSSR count). The zero-order chi connectivity index (χ0) is 23.4. The van der Waals surface area contributed by atoms with Gasteiger partial charge in [-0.2, -0.15) is 5.26 Å². The van der Waals surface area contributed by atoms with Gasteiger partial charge in [0.1, 0.15) is 29.9 Å². The van der Waals surface area contributed by atoms with E-state index in [1.807, 2.05) is 48.7 Å². The van der Waals surface area contributed by atoms with Crippen molar-refractivity contribution in [2.45, 2.75) is 25.5 Å². The van der Waals surface area contributed by atoms with Crippen LogP contribution < -0.4 is 10.1 Å². The lowest BCUT2D eigenvalue weighted by atomic mass is 10.2. The van der Waals surface area contributed by atoms with E-state index in [0.29, 0.717) is 28.8 Å². The van der Waals surface area contributed by atoms with Gasteiger partial charge in [-0.1, -0.05) is 11.8 Å². The summed E-state index contributed by atoms with van der Waals surface area (Å²) >= 11 is 1.20. The summed E-state index contributed by atoms with van der Waals surface area (Å²) in [5.74, 6) is 1.63. The molecule has 0 spiro atoms. The largest absolute Gasteiger partial charge is 0.497 e. The molecule has 3 heterocycles. The number of methoxy groups -OCH3 is 1. The number of benzene rings is 1. The van der Waals surface area contributed by atoms with Crippen molar-refractivity contribution in [3.8, 4) is 17.5 Å². The standard InChI is InChI=1S/C22H21N7O3S/c1-14-15(2)29(16-6-8-17(31-3)9-7-16)21(19(14)11-23)24-20(30)13-33-22-25-26-27-28(22)12-18-5-4-10-32-18/h4-10H,12-13H2,1-3H3,(H,24,30). The molecule has 1 amide bonds. The Morgan fingerprint density at radius 2 is 2.06 bits per heavy atom. The fourth-order valence-electron chi connectivity index (χ4n) is 3.36. The first-order valence-corrected chi connectivity index (χ1v) is 11.0. The molecule has 0 fully saturated rings. The molecular weight excluding hydrogens is 442 g/mol.